The minimum atomic E-state index is -0.944. The van der Waals surface area contributed by atoms with E-state index in [9.17, 15) is 9.90 Å². The fourth-order valence-electron chi connectivity index (χ4n) is 3.33. The number of aryl methyl sites for hydroxylation is 3. The van der Waals surface area contributed by atoms with Gasteiger partial charge in [0.15, 0.2) is 5.69 Å². The first-order valence-corrected chi connectivity index (χ1v) is 10.1. The number of halogens is 1. The summed E-state index contributed by atoms with van der Waals surface area (Å²) in [6, 6.07) is 5.91. The van der Waals surface area contributed by atoms with Gasteiger partial charge in [0.2, 0.25) is 0 Å². The number of likely N-dealkylation sites (tertiary alicyclic amines) is 1. The summed E-state index contributed by atoms with van der Waals surface area (Å²) in [7, 11) is 0. The molecule has 1 aliphatic rings. The van der Waals surface area contributed by atoms with Crippen LogP contribution in [0.25, 0.3) is 0 Å². The Balaban J connectivity index is 1.56. The minimum Gasteiger partial charge on any atom is -0.491 e. The lowest BCUT2D eigenvalue weighted by molar-refractivity contribution is -0.0476. The molecule has 0 atom stereocenters. The highest BCUT2D eigenvalue weighted by atomic mass is 35.5. The topological polar surface area (TPSA) is 67.6 Å². The fraction of sp³-hybridized carbons (Fsp3) is 0.524. The van der Waals surface area contributed by atoms with Crippen LogP contribution in [0.15, 0.2) is 24.4 Å². The number of amides is 1. The average molecular weight is 406 g/mol. The Kier molecular flexibility index (Phi) is 6.30. The van der Waals surface area contributed by atoms with Crippen molar-refractivity contribution in [2.75, 3.05) is 19.7 Å². The third-order valence-electron chi connectivity index (χ3n) is 5.34. The molecule has 1 aromatic heterocycles. The van der Waals surface area contributed by atoms with Crippen molar-refractivity contribution in [3.63, 3.8) is 0 Å². The van der Waals surface area contributed by atoms with Gasteiger partial charge in [0.1, 0.15) is 18.0 Å². The molecule has 3 rings (SSSR count). The van der Waals surface area contributed by atoms with Crippen LogP contribution in [0.5, 0.6) is 5.75 Å². The predicted molar refractivity (Wildman–Crippen MR) is 109 cm³/mol. The number of hydrogen-bond donors (Lipinski definition) is 1. The van der Waals surface area contributed by atoms with E-state index in [1.807, 2.05) is 32.0 Å². The van der Waals surface area contributed by atoms with Gasteiger partial charge >= 0.3 is 0 Å². The second-order valence-electron chi connectivity index (χ2n) is 7.64. The van der Waals surface area contributed by atoms with E-state index in [1.165, 1.54) is 5.56 Å². The van der Waals surface area contributed by atoms with Crippen LogP contribution in [0, 0.1) is 13.8 Å². The number of hydrogen-bond acceptors (Lipinski definition) is 4. The number of nitrogens with zero attached hydrogens (tertiary/aromatic N) is 3. The second-order valence-corrected chi connectivity index (χ2v) is 8.05. The Hall–Kier alpha value is -2.05. The summed E-state index contributed by atoms with van der Waals surface area (Å²) in [5, 5.41) is 15.5. The zero-order valence-corrected chi connectivity index (χ0v) is 17.5. The van der Waals surface area contributed by atoms with Crippen molar-refractivity contribution < 1.29 is 14.6 Å². The highest BCUT2D eigenvalue weighted by Crippen LogP contribution is 2.26. The van der Waals surface area contributed by atoms with E-state index in [2.05, 4.69) is 12.0 Å². The van der Waals surface area contributed by atoms with Crippen molar-refractivity contribution >= 4 is 17.5 Å². The Morgan fingerprint density at radius 2 is 2.00 bits per heavy atom. The van der Waals surface area contributed by atoms with E-state index in [0.29, 0.717) is 31.0 Å². The van der Waals surface area contributed by atoms with Crippen molar-refractivity contribution in [2.24, 2.45) is 0 Å². The van der Waals surface area contributed by atoms with Crippen LogP contribution < -0.4 is 4.74 Å². The second kappa shape index (κ2) is 8.53. The van der Waals surface area contributed by atoms with Crippen molar-refractivity contribution in [2.45, 2.75) is 52.2 Å². The van der Waals surface area contributed by atoms with Crippen molar-refractivity contribution in [3.05, 3.63) is 46.2 Å². The predicted octanol–water partition coefficient (Wildman–Crippen LogP) is 3.61. The van der Waals surface area contributed by atoms with E-state index in [0.717, 1.165) is 24.3 Å². The molecule has 0 aliphatic carbocycles. The molecule has 6 nitrogen and oxygen atoms in total. The Labute approximate surface area is 171 Å². The molecule has 1 fully saturated rings. The lowest BCUT2D eigenvalue weighted by Gasteiger charge is -2.37. The number of aromatic nitrogens is 2. The number of carbonyl (C=O) groups is 1. The molecule has 0 spiro atoms. The van der Waals surface area contributed by atoms with E-state index in [-0.39, 0.29) is 18.2 Å². The highest BCUT2D eigenvalue weighted by Gasteiger charge is 2.36. The van der Waals surface area contributed by atoms with E-state index >= 15 is 0 Å². The third-order valence-corrected chi connectivity index (χ3v) is 5.62. The maximum atomic E-state index is 12.8. The maximum absolute atomic E-state index is 12.8. The summed E-state index contributed by atoms with van der Waals surface area (Å²) < 4.78 is 7.53. The lowest BCUT2D eigenvalue weighted by atomic mass is 9.92. The zero-order chi connectivity index (χ0) is 20.3. The van der Waals surface area contributed by atoms with E-state index < -0.39 is 5.60 Å². The zero-order valence-electron chi connectivity index (χ0n) is 16.7. The first kappa shape index (κ1) is 20.7. The van der Waals surface area contributed by atoms with E-state index in [4.69, 9.17) is 16.3 Å². The van der Waals surface area contributed by atoms with Crippen molar-refractivity contribution in [1.82, 2.24) is 14.7 Å². The Bertz CT molecular complexity index is 841. The minimum absolute atomic E-state index is 0.183. The number of carbonyl (C=O) groups excluding carboxylic acids is 1. The van der Waals surface area contributed by atoms with Gasteiger partial charge in [0.05, 0.1) is 5.02 Å². The molecule has 152 valence electrons. The molecule has 1 aliphatic heterocycles. The molecular formula is C21H28ClN3O3. The summed E-state index contributed by atoms with van der Waals surface area (Å²) >= 11 is 6.19. The van der Waals surface area contributed by atoms with Gasteiger partial charge in [-0.25, -0.2) is 0 Å². The van der Waals surface area contributed by atoms with Crippen molar-refractivity contribution in [1.29, 1.82) is 0 Å². The van der Waals surface area contributed by atoms with Crippen LogP contribution in [-0.4, -0.2) is 51.0 Å². The molecule has 1 saturated heterocycles. The van der Waals surface area contributed by atoms with Crippen LogP contribution >= 0.6 is 11.6 Å². The lowest BCUT2D eigenvalue weighted by Crippen LogP contribution is -2.49. The number of aliphatic hydroxyl groups is 1. The average Bonchev–Trinajstić information content (AvgIpc) is 3.03. The number of piperidine rings is 1. The number of benzene rings is 1. The summed E-state index contributed by atoms with van der Waals surface area (Å²) in [6.07, 6.45) is 3.52. The maximum Gasteiger partial charge on any atom is 0.275 e. The molecule has 28 heavy (non-hydrogen) atoms. The molecule has 2 aromatic rings. The van der Waals surface area contributed by atoms with Crippen LogP contribution in [0.2, 0.25) is 5.02 Å². The Morgan fingerprint density at radius 3 is 2.64 bits per heavy atom. The molecule has 2 heterocycles. The molecule has 1 aromatic carbocycles. The Morgan fingerprint density at radius 1 is 1.29 bits per heavy atom. The molecule has 0 saturated carbocycles. The SMILES string of the molecule is CCCn1cc(Cl)c(C(=O)N2CCC(O)(COc3ccc(C)c(C)c3)CC2)n1. The van der Waals surface area contributed by atoms with Crippen LogP contribution in [-0.2, 0) is 6.54 Å². The van der Waals surface area contributed by atoms with Crippen molar-refractivity contribution in [3.8, 4) is 5.75 Å². The first-order chi connectivity index (χ1) is 13.3. The fourth-order valence-corrected chi connectivity index (χ4v) is 3.56. The standard InChI is InChI=1S/C21H28ClN3O3/c1-4-9-25-13-18(22)19(23-25)20(26)24-10-7-21(27,8-11-24)14-28-17-6-5-15(2)16(3)12-17/h5-6,12-13,27H,4,7-11,14H2,1-3H3. The molecule has 0 radical (unpaired) electrons. The highest BCUT2D eigenvalue weighted by molar-refractivity contribution is 6.33. The van der Waals surface area contributed by atoms with Gasteiger partial charge in [-0.1, -0.05) is 24.6 Å². The van der Waals surface area contributed by atoms with Gasteiger partial charge in [0.25, 0.3) is 5.91 Å². The smallest absolute Gasteiger partial charge is 0.275 e. The van der Waals surface area contributed by atoms with Gasteiger partial charge in [0, 0.05) is 25.8 Å². The van der Waals surface area contributed by atoms with Gasteiger partial charge in [-0.3, -0.25) is 9.48 Å². The van der Waals surface area contributed by atoms with Crippen LogP contribution in [0.3, 0.4) is 0 Å². The monoisotopic (exact) mass is 405 g/mol. The molecule has 0 unspecified atom stereocenters. The van der Waals surface area contributed by atoms with Gasteiger partial charge < -0.3 is 14.7 Å². The summed E-state index contributed by atoms with van der Waals surface area (Å²) in [6.45, 7) is 7.96. The normalized spacial score (nSPS) is 16.2. The quantitative estimate of drug-likeness (QED) is 0.797. The number of ether oxygens (including phenoxy) is 1. The molecule has 7 heteroatoms. The molecule has 1 N–H and O–H groups in total. The van der Waals surface area contributed by atoms with E-state index in [1.54, 1.807) is 15.8 Å². The summed E-state index contributed by atoms with van der Waals surface area (Å²) in [5.41, 5.74) is 1.70. The first-order valence-electron chi connectivity index (χ1n) is 9.76. The van der Waals surface area contributed by atoms with Crippen LogP contribution in [0.4, 0.5) is 0 Å². The largest absolute Gasteiger partial charge is 0.491 e. The van der Waals surface area contributed by atoms with Crippen LogP contribution in [0.1, 0.15) is 47.8 Å². The molecule has 1 amide bonds. The number of rotatable bonds is 6. The summed E-state index contributed by atoms with van der Waals surface area (Å²) in [4.78, 5) is 14.5. The molecule has 0 bridgehead atoms. The van der Waals surface area contributed by atoms with Gasteiger partial charge in [-0.2, -0.15) is 5.10 Å². The third kappa shape index (κ3) is 4.67. The molecular weight excluding hydrogens is 378 g/mol. The van der Waals surface area contributed by atoms with Gasteiger partial charge in [-0.15, -0.1) is 0 Å². The summed E-state index contributed by atoms with van der Waals surface area (Å²) in [5.74, 6) is 0.570. The van der Waals surface area contributed by atoms with Gasteiger partial charge in [-0.05, 0) is 56.4 Å².